The van der Waals surface area contributed by atoms with Crippen molar-refractivity contribution in [3.8, 4) is 5.75 Å². The summed E-state index contributed by atoms with van der Waals surface area (Å²) in [4.78, 5) is 0. The summed E-state index contributed by atoms with van der Waals surface area (Å²) in [7, 11) is 1.16. The number of methoxy groups -OCH3 is 1. The number of halogens is 3. The van der Waals surface area contributed by atoms with Gasteiger partial charge in [-0.3, -0.25) is 4.68 Å². The summed E-state index contributed by atoms with van der Waals surface area (Å²) in [6.45, 7) is 1.70. The van der Waals surface area contributed by atoms with Crippen LogP contribution in [-0.4, -0.2) is 16.9 Å². The van der Waals surface area contributed by atoms with Crippen molar-refractivity contribution < 1.29 is 17.9 Å². The van der Waals surface area contributed by atoms with Gasteiger partial charge in [0.25, 0.3) is 0 Å². The average molecular weight is 193 g/mol. The molecule has 0 fully saturated rings. The monoisotopic (exact) mass is 193 g/mol. The van der Waals surface area contributed by atoms with Crippen LogP contribution in [0.1, 0.15) is 12.6 Å². The van der Waals surface area contributed by atoms with Crippen molar-refractivity contribution in [2.24, 2.45) is 0 Å². The molecule has 0 aliphatic carbocycles. The van der Waals surface area contributed by atoms with Crippen LogP contribution in [0.5, 0.6) is 5.75 Å². The maximum atomic E-state index is 12.4. The lowest BCUT2D eigenvalue weighted by Crippen LogP contribution is -2.14. The molecule has 6 heteroatoms. The highest BCUT2D eigenvalue weighted by Gasteiger charge is 2.38. The van der Waals surface area contributed by atoms with E-state index in [4.69, 9.17) is 0 Å². The van der Waals surface area contributed by atoms with Crippen molar-refractivity contribution in [3.63, 3.8) is 0 Å². The van der Waals surface area contributed by atoms with Gasteiger partial charge >= 0.3 is 6.18 Å². The molecule has 0 unspecified atom stereocenters. The molecule has 0 aliphatic rings. The third kappa shape index (κ3) is 1.76. The Morgan fingerprint density at radius 2 is 2.15 bits per heavy atom. The summed E-state index contributed by atoms with van der Waals surface area (Å²) in [5.74, 6) is -0.366. The zero-order chi connectivity index (χ0) is 10.1. The Morgan fingerprint density at radius 3 is 2.54 bits per heavy atom. The van der Waals surface area contributed by atoms with Crippen LogP contribution in [0.25, 0.3) is 0 Å². The van der Waals surface area contributed by atoms with Crippen LogP contribution >= 0.6 is 0 Å². The number of alkyl halides is 3. The zero-order valence-electron chi connectivity index (χ0n) is 7.14. The molecule has 0 N–H and O–H groups in total. The first-order valence-corrected chi connectivity index (χ1v) is 3.60. The van der Waals surface area contributed by atoms with Gasteiger partial charge in [0, 0.05) is 6.54 Å². The van der Waals surface area contributed by atoms with Gasteiger partial charge in [-0.05, 0) is 6.92 Å². The molecule has 1 radical (unpaired) electrons. The molecule has 13 heavy (non-hydrogen) atoms. The van der Waals surface area contributed by atoms with E-state index in [1.165, 1.54) is 0 Å². The Bertz CT molecular complexity index is 271. The van der Waals surface area contributed by atoms with E-state index in [1.54, 1.807) is 6.92 Å². The minimum atomic E-state index is -4.45. The molecular weight excluding hydrogens is 185 g/mol. The Hall–Kier alpha value is -1.20. The summed E-state index contributed by atoms with van der Waals surface area (Å²) in [5.41, 5.74) is -0.891. The second-order valence-corrected chi connectivity index (χ2v) is 2.31. The highest BCUT2D eigenvalue weighted by Crippen LogP contribution is 2.35. The molecule has 1 aromatic rings. The summed E-state index contributed by atoms with van der Waals surface area (Å²) >= 11 is 0. The molecule has 0 atom stereocenters. The van der Waals surface area contributed by atoms with E-state index in [-0.39, 0.29) is 12.3 Å². The number of nitrogens with zero attached hydrogens (tertiary/aromatic N) is 2. The van der Waals surface area contributed by atoms with Gasteiger partial charge in [-0.1, -0.05) is 0 Å². The molecule has 1 rings (SSSR count). The summed E-state index contributed by atoms with van der Waals surface area (Å²) in [6, 6.07) is 0. The number of hydrogen-bond donors (Lipinski definition) is 0. The smallest absolute Gasteiger partial charge is 0.436 e. The lowest BCUT2D eigenvalue weighted by molar-refractivity contribution is -0.145. The predicted octanol–water partition coefficient (Wildman–Crippen LogP) is 1.73. The maximum Gasteiger partial charge on any atom is 0.436 e. The topological polar surface area (TPSA) is 27.1 Å². The SMILES string of the molecule is CCn1n[c]c(OC)c1C(F)(F)F. The van der Waals surface area contributed by atoms with Crippen LogP contribution in [0, 0.1) is 6.20 Å². The minimum absolute atomic E-state index is 0.134. The normalized spacial score (nSPS) is 11.8. The van der Waals surface area contributed by atoms with E-state index < -0.39 is 11.9 Å². The fraction of sp³-hybridized carbons (Fsp3) is 0.571. The Morgan fingerprint density at radius 1 is 1.54 bits per heavy atom. The lowest BCUT2D eigenvalue weighted by Gasteiger charge is -2.09. The van der Waals surface area contributed by atoms with Crippen molar-refractivity contribution >= 4 is 0 Å². The number of aromatic nitrogens is 2. The molecule has 1 aromatic heterocycles. The van der Waals surface area contributed by atoms with E-state index in [0.717, 1.165) is 11.8 Å². The van der Waals surface area contributed by atoms with E-state index >= 15 is 0 Å². The Kier molecular flexibility index (Phi) is 2.49. The summed E-state index contributed by atoms with van der Waals surface area (Å²) in [6.07, 6.45) is -2.30. The molecule has 0 spiro atoms. The first-order chi connectivity index (χ1) is 6.00. The Labute approximate surface area is 73.1 Å². The molecule has 0 aliphatic heterocycles. The Balaban J connectivity index is 3.20. The van der Waals surface area contributed by atoms with Crippen molar-refractivity contribution in [2.75, 3.05) is 7.11 Å². The average Bonchev–Trinajstić information content (AvgIpc) is 2.45. The number of aryl methyl sites for hydroxylation is 1. The molecule has 1 heterocycles. The first kappa shape index (κ1) is 9.88. The van der Waals surface area contributed by atoms with Gasteiger partial charge < -0.3 is 4.74 Å². The third-order valence-electron chi connectivity index (χ3n) is 1.52. The van der Waals surface area contributed by atoms with Gasteiger partial charge in [0.2, 0.25) is 0 Å². The summed E-state index contributed by atoms with van der Waals surface area (Å²) in [5, 5.41) is 3.42. The molecule has 3 nitrogen and oxygen atoms in total. The first-order valence-electron chi connectivity index (χ1n) is 3.60. The molecule has 0 amide bonds. The maximum absolute atomic E-state index is 12.4. The molecule has 0 saturated carbocycles. The van der Waals surface area contributed by atoms with Crippen LogP contribution in [0.3, 0.4) is 0 Å². The minimum Gasteiger partial charge on any atom is -0.492 e. The molecule has 0 aromatic carbocycles. The van der Waals surface area contributed by atoms with Crippen molar-refractivity contribution in [1.82, 2.24) is 9.78 Å². The highest BCUT2D eigenvalue weighted by atomic mass is 19.4. The summed E-state index contributed by atoms with van der Waals surface area (Å²) < 4.78 is 42.4. The van der Waals surface area contributed by atoms with Gasteiger partial charge in [-0.25, -0.2) is 0 Å². The molecule has 0 saturated heterocycles. The number of rotatable bonds is 2. The van der Waals surface area contributed by atoms with Crippen LogP contribution in [0.15, 0.2) is 0 Å². The van der Waals surface area contributed by atoms with Gasteiger partial charge in [-0.15, -0.1) is 0 Å². The quantitative estimate of drug-likeness (QED) is 0.715. The van der Waals surface area contributed by atoms with Crippen LogP contribution < -0.4 is 4.74 Å². The van der Waals surface area contributed by atoms with E-state index in [9.17, 15) is 13.2 Å². The second kappa shape index (κ2) is 3.27. The standard InChI is InChI=1S/C7H8F3N2O/c1-3-12-6(7(8,9)10)5(13-2)4-11-12/h3H2,1-2H3. The van der Waals surface area contributed by atoms with Gasteiger partial charge in [-0.2, -0.15) is 18.3 Å². The largest absolute Gasteiger partial charge is 0.492 e. The molecule has 73 valence electrons. The third-order valence-corrected chi connectivity index (χ3v) is 1.52. The van der Waals surface area contributed by atoms with E-state index in [0.29, 0.717) is 0 Å². The fourth-order valence-electron chi connectivity index (χ4n) is 0.972. The second-order valence-electron chi connectivity index (χ2n) is 2.31. The highest BCUT2D eigenvalue weighted by molar-refractivity contribution is 5.26. The van der Waals surface area contributed by atoms with Gasteiger partial charge in [0.1, 0.15) is 0 Å². The molecular formula is C7H8F3N2O. The lowest BCUT2D eigenvalue weighted by atomic mass is 10.4. The number of ether oxygens (including phenoxy) is 1. The van der Waals surface area contributed by atoms with Crippen molar-refractivity contribution in [3.05, 3.63) is 11.9 Å². The zero-order valence-corrected chi connectivity index (χ0v) is 7.14. The van der Waals surface area contributed by atoms with Crippen LogP contribution in [0.2, 0.25) is 0 Å². The number of hydrogen-bond acceptors (Lipinski definition) is 2. The fourth-order valence-corrected chi connectivity index (χ4v) is 0.972. The van der Waals surface area contributed by atoms with Crippen molar-refractivity contribution in [2.45, 2.75) is 19.6 Å². The van der Waals surface area contributed by atoms with Gasteiger partial charge in [0.05, 0.1) is 7.11 Å². The van der Waals surface area contributed by atoms with Gasteiger partial charge in [0.15, 0.2) is 17.6 Å². The predicted molar refractivity (Wildman–Crippen MR) is 38.3 cm³/mol. The van der Waals surface area contributed by atoms with E-state index in [1.807, 2.05) is 0 Å². The van der Waals surface area contributed by atoms with Crippen LogP contribution in [-0.2, 0) is 12.7 Å². The van der Waals surface area contributed by atoms with E-state index in [2.05, 4.69) is 16.0 Å². The molecule has 0 bridgehead atoms. The van der Waals surface area contributed by atoms with Crippen LogP contribution in [0.4, 0.5) is 13.2 Å². The van der Waals surface area contributed by atoms with Crippen molar-refractivity contribution in [1.29, 1.82) is 0 Å².